The highest BCUT2D eigenvalue weighted by molar-refractivity contribution is 7.92. The van der Waals surface area contributed by atoms with Crippen LogP contribution in [-0.2, 0) is 14.8 Å². The maximum atomic E-state index is 12.5. The van der Waals surface area contributed by atoms with Crippen molar-refractivity contribution in [3.05, 3.63) is 58.6 Å². The van der Waals surface area contributed by atoms with E-state index in [2.05, 4.69) is 10.0 Å². The number of anilines is 2. The molecule has 0 aliphatic carbocycles. The Kier molecular flexibility index (Phi) is 7.14. The molecule has 2 aromatic carbocycles. The Morgan fingerprint density at radius 1 is 1.15 bits per heavy atom. The van der Waals surface area contributed by atoms with Crippen LogP contribution in [0, 0.1) is 10.1 Å². The van der Waals surface area contributed by atoms with Crippen molar-refractivity contribution < 1.29 is 18.1 Å². The molecule has 2 aromatic rings. The average molecular weight is 393 g/mol. The van der Waals surface area contributed by atoms with Crippen LogP contribution in [-0.4, -0.2) is 32.6 Å². The van der Waals surface area contributed by atoms with Crippen molar-refractivity contribution >= 4 is 27.1 Å². The van der Waals surface area contributed by atoms with Crippen molar-refractivity contribution in [2.24, 2.45) is 0 Å². The minimum atomic E-state index is -3.93. The minimum Gasteiger partial charge on any atom is -0.379 e. The van der Waals surface area contributed by atoms with Crippen molar-refractivity contribution in [2.45, 2.75) is 31.3 Å². The van der Waals surface area contributed by atoms with Gasteiger partial charge in [0, 0.05) is 24.9 Å². The molecule has 27 heavy (non-hydrogen) atoms. The number of hydrogen-bond acceptors (Lipinski definition) is 6. The average Bonchev–Trinajstić information content (AvgIpc) is 2.61. The van der Waals surface area contributed by atoms with Gasteiger partial charge in [-0.05, 0) is 44.5 Å². The van der Waals surface area contributed by atoms with Crippen LogP contribution in [0.3, 0.4) is 0 Å². The largest absolute Gasteiger partial charge is 0.379 e. The van der Waals surface area contributed by atoms with Gasteiger partial charge in [-0.2, -0.15) is 0 Å². The third-order valence-electron chi connectivity index (χ3n) is 3.59. The fraction of sp³-hybridized carbons (Fsp3) is 0.333. The van der Waals surface area contributed by atoms with Gasteiger partial charge < -0.3 is 10.1 Å². The minimum absolute atomic E-state index is 0.126. The number of hydrogen-bond donors (Lipinski definition) is 2. The normalized spacial score (nSPS) is 11.4. The highest BCUT2D eigenvalue weighted by Crippen LogP contribution is 2.28. The van der Waals surface area contributed by atoms with Gasteiger partial charge >= 0.3 is 0 Å². The van der Waals surface area contributed by atoms with Gasteiger partial charge in [0.1, 0.15) is 5.69 Å². The maximum absolute atomic E-state index is 12.5. The Balaban J connectivity index is 2.13. The van der Waals surface area contributed by atoms with E-state index in [1.54, 1.807) is 30.3 Å². The zero-order chi connectivity index (χ0) is 19.9. The van der Waals surface area contributed by atoms with E-state index in [1.165, 1.54) is 12.1 Å². The molecule has 0 spiro atoms. The fourth-order valence-electron chi connectivity index (χ4n) is 2.31. The van der Waals surface area contributed by atoms with Crippen molar-refractivity contribution in [3.63, 3.8) is 0 Å². The predicted octanol–water partition coefficient (Wildman–Crippen LogP) is 3.62. The van der Waals surface area contributed by atoms with Crippen LogP contribution >= 0.6 is 0 Å². The molecule has 0 fully saturated rings. The van der Waals surface area contributed by atoms with E-state index in [4.69, 9.17) is 4.74 Å². The lowest BCUT2D eigenvalue weighted by atomic mass is 10.2. The van der Waals surface area contributed by atoms with Crippen LogP contribution in [0.5, 0.6) is 0 Å². The first-order chi connectivity index (χ1) is 12.8. The summed E-state index contributed by atoms with van der Waals surface area (Å²) in [6, 6.07) is 12.1. The molecule has 2 N–H and O–H groups in total. The lowest BCUT2D eigenvalue weighted by Crippen LogP contribution is -2.14. The molecule has 0 aromatic heterocycles. The molecule has 0 aliphatic rings. The first kappa shape index (κ1) is 20.7. The number of rotatable bonds is 10. The Morgan fingerprint density at radius 2 is 1.85 bits per heavy atom. The van der Waals surface area contributed by atoms with Gasteiger partial charge in [0.05, 0.1) is 15.9 Å². The molecule has 0 atom stereocenters. The molecule has 0 unspecified atom stereocenters. The van der Waals surface area contributed by atoms with Gasteiger partial charge in [0.15, 0.2) is 0 Å². The third kappa shape index (κ3) is 6.22. The van der Waals surface area contributed by atoms with Gasteiger partial charge in [-0.25, -0.2) is 8.42 Å². The molecule has 0 heterocycles. The second-order valence-electron chi connectivity index (χ2n) is 6.11. The van der Waals surface area contributed by atoms with Crippen LogP contribution in [0.4, 0.5) is 17.1 Å². The summed E-state index contributed by atoms with van der Waals surface area (Å²) in [7, 11) is -3.93. The molecule has 0 saturated carbocycles. The number of benzene rings is 2. The van der Waals surface area contributed by atoms with Crippen molar-refractivity contribution in [1.82, 2.24) is 0 Å². The molecule has 0 amide bonds. The highest BCUT2D eigenvalue weighted by Gasteiger charge is 2.21. The number of nitro groups is 1. The second kappa shape index (κ2) is 9.33. The molecule has 0 bridgehead atoms. The van der Waals surface area contributed by atoms with Crippen LogP contribution in [0.25, 0.3) is 0 Å². The van der Waals surface area contributed by atoms with Gasteiger partial charge in [0.2, 0.25) is 0 Å². The van der Waals surface area contributed by atoms with Crippen LogP contribution in [0.15, 0.2) is 53.4 Å². The monoisotopic (exact) mass is 393 g/mol. The van der Waals surface area contributed by atoms with Crippen molar-refractivity contribution in [3.8, 4) is 0 Å². The highest BCUT2D eigenvalue weighted by atomic mass is 32.2. The summed E-state index contributed by atoms with van der Waals surface area (Å²) in [5.41, 5.74) is 0.353. The lowest BCUT2D eigenvalue weighted by Gasteiger charge is -2.11. The first-order valence-corrected chi connectivity index (χ1v) is 9.99. The number of nitro benzene ring substituents is 1. The Hall–Kier alpha value is -2.65. The molecule has 2 rings (SSSR count). The molecular weight excluding hydrogens is 370 g/mol. The van der Waals surface area contributed by atoms with Crippen LogP contribution < -0.4 is 10.0 Å². The summed E-state index contributed by atoms with van der Waals surface area (Å²) in [4.78, 5) is 10.6. The first-order valence-electron chi connectivity index (χ1n) is 8.51. The molecule has 9 heteroatoms. The molecule has 8 nitrogen and oxygen atoms in total. The van der Waals surface area contributed by atoms with E-state index >= 15 is 0 Å². The molecule has 0 aliphatic heterocycles. The van der Waals surface area contributed by atoms with Crippen molar-refractivity contribution in [1.29, 1.82) is 0 Å². The Morgan fingerprint density at radius 3 is 2.48 bits per heavy atom. The van der Waals surface area contributed by atoms with E-state index in [9.17, 15) is 18.5 Å². The smallest absolute Gasteiger partial charge is 0.293 e. The SMILES string of the molecule is CC(C)OCCCNc1ccc(S(=O)(=O)Nc2ccccc2)cc1[N+](=O)[O-]. The van der Waals surface area contributed by atoms with Crippen LogP contribution in [0.1, 0.15) is 20.3 Å². The van der Waals surface area contributed by atoms with E-state index in [-0.39, 0.29) is 22.4 Å². The van der Waals surface area contributed by atoms with Gasteiger partial charge in [-0.1, -0.05) is 18.2 Å². The van der Waals surface area contributed by atoms with E-state index in [1.807, 2.05) is 13.8 Å². The summed E-state index contributed by atoms with van der Waals surface area (Å²) < 4.78 is 32.8. The third-order valence-corrected chi connectivity index (χ3v) is 4.97. The number of nitrogens with one attached hydrogen (secondary N) is 2. The van der Waals surface area contributed by atoms with E-state index in [0.29, 0.717) is 25.3 Å². The van der Waals surface area contributed by atoms with Gasteiger partial charge in [-0.15, -0.1) is 0 Å². The molecule has 0 radical (unpaired) electrons. The lowest BCUT2D eigenvalue weighted by molar-refractivity contribution is -0.384. The molecular formula is C18H23N3O5S. The Labute approximate surface area is 158 Å². The van der Waals surface area contributed by atoms with E-state index < -0.39 is 14.9 Å². The van der Waals surface area contributed by atoms with Crippen LogP contribution in [0.2, 0.25) is 0 Å². The molecule has 0 saturated heterocycles. The van der Waals surface area contributed by atoms with Crippen molar-refractivity contribution in [2.75, 3.05) is 23.2 Å². The summed E-state index contributed by atoms with van der Waals surface area (Å²) in [6.45, 7) is 4.87. The summed E-state index contributed by atoms with van der Waals surface area (Å²) in [5.74, 6) is 0. The summed E-state index contributed by atoms with van der Waals surface area (Å²) >= 11 is 0. The predicted molar refractivity (Wildman–Crippen MR) is 105 cm³/mol. The van der Waals surface area contributed by atoms with Gasteiger partial charge in [0.25, 0.3) is 15.7 Å². The zero-order valence-electron chi connectivity index (χ0n) is 15.2. The quantitative estimate of drug-likeness (QED) is 0.362. The van der Waals surface area contributed by atoms with Gasteiger partial charge in [-0.3, -0.25) is 14.8 Å². The summed E-state index contributed by atoms with van der Waals surface area (Å²) in [6.07, 6.45) is 0.797. The number of para-hydroxylation sites is 1. The fourth-order valence-corrected chi connectivity index (χ4v) is 3.39. The number of nitrogens with zero attached hydrogens (tertiary/aromatic N) is 1. The maximum Gasteiger partial charge on any atom is 0.293 e. The van der Waals surface area contributed by atoms with E-state index in [0.717, 1.165) is 6.07 Å². The topological polar surface area (TPSA) is 111 Å². The Bertz CT molecular complexity index is 870. The molecule has 146 valence electrons. The number of sulfonamides is 1. The number of ether oxygens (including phenoxy) is 1. The standard InChI is InChI=1S/C18H23N3O5S/c1-14(2)26-12-6-11-19-17-10-9-16(13-18(17)21(22)23)27(24,25)20-15-7-4-3-5-8-15/h3-5,7-10,13-14,19-20H,6,11-12H2,1-2H3. The summed E-state index contributed by atoms with van der Waals surface area (Å²) in [5, 5.41) is 14.3. The second-order valence-corrected chi connectivity index (χ2v) is 7.79. The zero-order valence-corrected chi connectivity index (χ0v) is 16.0.